The average molecular weight is 333 g/mol. The van der Waals surface area contributed by atoms with Crippen LogP contribution in [0.5, 0.6) is 0 Å². The molecule has 0 atom stereocenters. The first kappa shape index (κ1) is 21.2. The SMILES string of the molecule is CC[N+](C)(C)CCCCCCCCCCCCCc1ccccc1. The minimum absolute atomic E-state index is 1.18. The van der Waals surface area contributed by atoms with E-state index in [1.54, 1.807) is 0 Å². The van der Waals surface area contributed by atoms with Crippen LogP contribution in [-0.4, -0.2) is 31.7 Å². The minimum Gasteiger partial charge on any atom is -0.329 e. The van der Waals surface area contributed by atoms with Gasteiger partial charge in [-0.05, 0) is 38.2 Å². The van der Waals surface area contributed by atoms with Gasteiger partial charge in [-0.1, -0.05) is 81.7 Å². The van der Waals surface area contributed by atoms with Crippen molar-refractivity contribution < 1.29 is 4.48 Å². The Hall–Kier alpha value is -0.820. The Kier molecular flexibility index (Phi) is 11.9. The van der Waals surface area contributed by atoms with Gasteiger partial charge in [-0.3, -0.25) is 0 Å². The molecule has 1 rings (SSSR count). The lowest BCUT2D eigenvalue weighted by Crippen LogP contribution is -2.39. The average Bonchev–Trinajstić information content (AvgIpc) is 2.60. The number of unbranched alkanes of at least 4 members (excludes halogenated alkanes) is 10. The smallest absolute Gasteiger partial charge is 0.0782 e. The first-order valence-corrected chi connectivity index (χ1v) is 10.5. The summed E-state index contributed by atoms with van der Waals surface area (Å²) in [6.45, 7) is 4.90. The van der Waals surface area contributed by atoms with Crippen LogP contribution in [0.1, 0.15) is 83.1 Å². The zero-order chi connectivity index (χ0) is 17.5. The van der Waals surface area contributed by atoms with E-state index in [4.69, 9.17) is 0 Å². The first-order valence-electron chi connectivity index (χ1n) is 10.5. The number of aryl methyl sites for hydroxylation is 1. The quantitative estimate of drug-likeness (QED) is 0.250. The highest BCUT2D eigenvalue weighted by atomic mass is 15.3. The maximum absolute atomic E-state index is 2.35. The molecular formula is C23H42N+. The summed E-state index contributed by atoms with van der Waals surface area (Å²) >= 11 is 0. The lowest BCUT2D eigenvalue weighted by molar-refractivity contribution is -0.888. The highest BCUT2D eigenvalue weighted by Gasteiger charge is 2.09. The standard InChI is InChI=1S/C23H42N/c1-4-24(2,3)22-18-13-11-9-7-5-6-8-10-12-15-19-23-20-16-14-17-21-23/h14,16-17,20-21H,4-13,15,18-19,22H2,1-3H3/q+1. The Morgan fingerprint density at radius 3 is 1.58 bits per heavy atom. The van der Waals surface area contributed by atoms with Crippen molar-refractivity contribution in [3.8, 4) is 0 Å². The van der Waals surface area contributed by atoms with E-state index in [0.29, 0.717) is 0 Å². The zero-order valence-corrected chi connectivity index (χ0v) is 16.7. The molecule has 1 heteroatoms. The van der Waals surface area contributed by atoms with Gasteiger partial charge in [-0.15, -0.1) is 0 Å². The summed E-state index contributed by atoms with van der Waals surface area (Å²) in [5, 5.41) is 0. The Bertz CT molecular complexity index is 382. The molecule has 1 aromatic carbocycles. The van der Waals surface area contributed by atoms with E-state index < -0.39 is 0 Å². The van der Waals surface area contributed by atoms with Crippen molar-refractivity contribution in [1.82, 2.24) is 0 Å². The van der Waals surface area contributed by atoms with Crippen LogP contribution in [0.3, 0.4) is 0 Å². The van der Waals surface area contributed by atoms with Crippen molar-refractivity contribution in [3.05, 3.63) is 35.9 Å². The topological polar surface area (TPSA) is 0 Å². The summed E-state index contributed by atoms with van der Waals surface area (Å²) < 4.78 is 1.18. The van der Waals surface area contributed by atoms with Crippen molar-refractivity contribution in [1.29, 1.82) is 0 Å². The normalized spacial score (nSPS) is 11.8. The second-order valence-corrected chi connectivity index (χ2v) is 8.10. The third kappa shape index (κ3) is 11.7. The third-order valence-electron chi connectivity index (χ3n) is 5.43. The van der Waals surface area contributed by atoms with Crippen LogP contribution in [0.2, 0.25) is 0 Å². The van der Waals surface area contributed by atoms with E-state index >= 15 is 0 Å². The second kappa shape index (κ2) is 13.5. The molecule has 0 N–H and O–H groups in total. The maximum atomic E-state index is 2.35. The van der Waals surface area contributed by atoms with Gasteiger partial charge in [0, 0.05) is 0 Å². The van der Waals surface area contributed by atoms with Gasteiger partial charge in [-0.25, -0.2) is 0 Å². The maximum Gasteiger partial charge on any atom is 0.0782 e. The molecule has 0 amide bonds. The fourth-order valence-corrected chi connectivity index (χ4v) is 3.26. The fourth-order valence-electron chi connectivity index (χ4n) is 3.26. The van der Waals surface area contributed by atoms with Crippen LogP contribution in [0.25, 0.3) is 0 Å². The molecule has 0 radical (unpaired) electrons. The molecule has 0 aliphatic rings. The van der Waals surface area contributed by atoms with E-state index in [-0.39, 0.29) is 0 Å². The van der Waals surface area contributed by atoms with Crippen LogP contribution in [0, 0.1) is 0 Å². The first-order chi connectivity index (χ1) is 11.6. The molecule has 0 bridgehead atoms. The summed E-state index contributed by atoms with van der Waals surface area (Å²) in [5.74, 6) is 0. The van der Waals surface area contributed by atoms with Gasteiger partial charge >= 0.3 is 0 Å². The molecule has 0 aliphatic heterocycles. The third-order valence-corrected chi connectivity index (χ3v) is 5.43. The summed E-state index contributed by atoms with van der Waals surface area (Å²) in [5.41, 5.74) is 1.50. The molecule has 0 heterocycles. The van der Waals surface area contributed by atoms with Gasteiger partial charge in [0.15, 0.2) is 0 Å². The molecule has 0 saturated heterocycles. The molecule has 1 nitrogen and oxygen atoms in total. The van der Waals surface area contributed by atoms with Crippen LogP contribution in [0.15, 0.2) is 30.3 Å². The van der Waals surface area contributed by atoms with Gasteiger partial charge in [0.25, 0.3) is 0 Å². The molecule has 138 valence electrons. The number of nitrogens with zero attached hydrogens (tertiary/aromatic N) is 1. The van der Waals surface area contributed by atoms with Crippen molar-refractivity contribution in [2.75, 3.05) is 27.2 Å². The van der Waals surface area contributed by atoms with E-state index in [1.165, 1.54) is 100 Å². The fraction of sp³-hybridized carbons (Fsp3) is 0.739. The van der Waals surface area contributed by atoms with Crippen molar-refractivity contribution in [2.24, 2.45) is 0 Å². The van der Waals surface area contributed by atoms with Crippen LogP contribution in [0.4, 0.5) is 0 Å². The lowest BCUT2D eigenvalue weighted by Gasteiger charge is -2.28. The van der Waals surface area contributed by atoms with E-state index in [9.17, 15) is 0 Å². The minimum atomic E-state index is 1.18. The second-order valence-electron chi connectivity index (χ2n) is 8.10. The van der Waals surface area contributed by atoms with Gasteiger partial charge in [0.05, 0.1) is 27.2 Å². The predicted molar refractivity (Wildman–Crippen MR) is 108 cm³/mol. The van der Waals surface area contributed by atoms with Gasteiger partial charge in [0.1, 0.15) is 0 Å². The number of benzene rings is 1. The number of hydrogen-bond acceptors (Lipinski definition) is 0. The molecule has 1 aromatic rings. The summed E-state index contributed by atoms with van der Waals surface area (Å²) in [7, 11) is 4.69. The van der Waals surface area contributed by atoms with E-state index in [0.717, 1.165) is 0 Å². The zero-order valence-electron chi connectivity index (χ0n) is 16.7. The summed E-state index contributed by atoms with van der Waals surface area (Å²) in [4.78, 5) is 0. The van der Waals surface area contributed by atoms with Crippen LogP contribution in [-0.2, 0) is 6.42 Å². The number of quaternary nitrogens is 1. The predicted octanol–water partition coefficient (Wildman–Crippen LogP) is 6.62. The number of hydrogen-bond donors (Lipinski definition) is 0. The van der Waals surface area contributed by atoms with Crippen LogP contribution >= 0.6 is 0 Å². The highest BCUT2D eigenvalue weighted by molar-refractivity contribution is 5.14. The Labute approximate surface area is 152 Å². The molecule has 0 unspecified atom stereocenters. The molecule has 0 aliphatic carbocycles. The molecule has 0 spiro atoms. The molecule has 24 heavy (non-hydrogen) atoms. The van der Waals surface area contributed by atoms with Gasteiger partial charge in [0.2, 0.25) is 0 Å². The highest BCUT2D eigenvalue weighted by Crippen LogP contribution is 2.13. The van der Waals surface area contributed by atoms with E-state index in [1.807, 2.05) is 0 Å². The largest absolute Gasteiger partial charge is 0.329 e. The molecule has 0 aromatic heterocycles. The molecule has 0 saturated carbocycles. The lowest BCUT2D eigenvalue weighted by atomic mass is 10.0. The van der Waals surface area contributed by atoms with Gasteiger partial charge < -0.3 is 4.48 Å². The number of rotatable bonds is 15. The summed E-state index contributed by atoms with van der Waals surface area (Å²) in [6.07, 6.45) is 17.0. The Balaban J connectivity index is 1.78. The van der Waals surface area contributed by atoms with Gasteiger partial charge in [-0.2, -0.15) is 0 Å². The molecular weight excluding hydrogens is 290 g/mol. The van der Waals surface area contributed by atoms with Crippen molar-refractivity contribution in [2.45, 2.75) is 84.0 Å². The van der Waals surface area contributed by atoms with Crippen molar-refractivity contribution >= 4 is 0 Å². The monoisotopic (exact) mass is 332 g/mol. The summed E-state index contributed by atoms with van der Waals surface area (Å²) in [6, 6.07) is 10.9. The Morgan fingerprint density at radius 1 is 0.625 bits per heavy atom. The van der Waals surface area contributed by atoms with Crippen molar-refractivity contribution in [3.63, 3.8) is 0 Å². The van der Waals surface area contributed by atoms with Crippen LogP contribution < -0.4 is 0 Å². The Morgan fingerprint density at radius 2 is 1.08 bits per heavy atom. The molecule has 0 fully saturated rings. The van der Waals surface area contributed by atoms with E-state index in [2.05, 4.69) is 51.4 Å².